The summed E-state index contributed by atoms with van der Waals surface area (Å²) < 4.78 is 25.7. The van der Waals surface area contributed by atoms with E-state index in [0.717, 1.165) is 56.6 Å². The van der Waals surface area contributed by atoms with E-state index < -0.39 is 12.1 Å². The van der Waals surface area contributed by atoms with E-state index in [1.54, 1.807) is 0 Å². The largest absolute Gasteiger partial charge is 0.493 e. The molecule has 1 aromatic rings. The Hall–Kier alpha value is -1.58. The third kappa shape index (κ3) is 9.29. The van der Waals surface area contributed by atoms with Crippen LogP contribution >= 0.6 is 0 Å². The van der Waals surface area contributed by atoms with Crippen molar-refractivity contribution >= 4 is 5.97 Å². The molecular weight excluding hydrogens is 415 g/mol. The lowest BCUT2D eigenvalue weighted by atomic mass is 9.84. The predicted octanol–water partition coefficient (Wildman–Crippen LogP) is 8.30. The lowest BCUT2D eigenvalue weighted by Gasteiger charge is -2.28. The quantitative estimate of drug-likeness (QED) is 0.219. The van der Waals surface area contributed by atoms with Crippen molar-refractivity contribution in [2.24, 2.45) is 5.92 Å². The third-order valence-electron chi connectivity index (χ3n) is 7.59. The van der Waals surface area contributed by atoms with Crippen LogP contribution in [0.5, 0.6) is 5.75 Å². The minimum atomic E-state index is -1.46. The Labute approximate surface area is 200 Å². The number of hydrogen-bond acceptors (Lipinski definition) is 3. The van der Waals surface area contributed by atoms with E-state index in [9.17, 15) is 9.18 Å². The van der Waals surface area contributed by atoms with Gasteiger partial charge in [0, 0.05) is 0 Å². The maximum Gasteiger partial charge on any atom is 0.340 e. The van der Waals surface area contributed by atoms with Crippen molar-refractivity contribution in [3.8, 4) is 5.75 Å². The Bertz CT molecular complexity index is 660. The van der Waals surface area contributed by atoms with E-state index in [0.29, 0.717) is 18.9 Å². The van der Waals surface area contributed by atoms with Crippen LogP contribution in [0.1, 0.15) is 121 Å². The minimum Gasteiger partial charge on any atom is -0.493 e. The van der Waals surface area contributed by atoms with Gasteiger partial charge in [-0.25, -0.2) is 9.18 Å². The van der Waals surface area contributed by atoms with Crippen molar-refractivity contribution in [1.82, 2.24) is 0 Å². The van der Waals surface area contributed by atoms with Crippen molar-refractivity contribution in [2.45, 2.75) is 128 Å². The number of carbonyl (C=O) groups excluding carboxylic acids is 1. The predicted molar refractivity (Wildman–Crippen MR) is 132 cm³/mol. The van der Waals surface area contributed by atoms with Crippen LogP contribution in [0.15, 0.2) is 24.3 Å². The normalized spacial score (nSPS) is 22.6. The zero-order chi connectivity index (χ0) is 23.3. The minimum absolute atomic E-state index is 0.133. The van der Waals surface area contributed by atoms with Gasteiger partial charge in [-0.3, -0.25) is 0 Å². The van der Waals surface area contributed by atoms with E-state index in [2.05, 4.69) is 31.2 Å². The molecule has 0 amide bonds. The van der Waals surface area contributed by atoms with Crippen LogP contribution in [-0.4, -0.2) is 24.9 Å². The standard InChI is InChI=1S/C29H45FO3/c1-2-3-4-5-6-10-13-28(30)29(31)33-27-18-14-23(15-19-27)22-32-26-20-16-25(17-21-26)24-11-8-7-9-12-24/h16-17,20-21,23-24,27-28H,2-15,18-19,22H2,1H3/t23?,27?,28-/m0/s1. The molecule has 0 spiro atoms. The zero-order valence-corrected chi connectivity index (χ0v) is 20.7. The molecule has 3 rings (SSSR count). The fourth-order valence-corrected chi connectivity index (χ4v) is 5.36. The van der Waals surface area contributed by atoms with Gasteiger partial charge >= 0.3 is 5.97 Å². The molecule has 1 atom stereocenters. The van der Waals surface area contributed by atoms with Crippen LogP contribution in [0.2, 0.25) is 0 Å². The number of unbranched alkanes of at least 4 members (excludes halogenated alkanes) is 5. The Morgan fingerprint density at radius 3 is 2.27 bits per heavy atom. The molecular formula is C29H45FO3. The second kappa shape index (κ2) is 14.6. The van der Waals surface area contributed by atoms with E-state index in [-0.39, 0.29) is 6.10 Å². The summed E-state index contributed by atoms with van der Waals surface area (Å²) in [5.74, 6) is 1.49. The number of benzene rings is 1. The molecule has 0 saturated heterocycles. The number of esters is 1. The van der Waals surface area contributed by atoms with Crippen molar-refractivity contribution in [3.05, 3.63) is 29.8 Å². The average Bonchev–Trinajstić information content (AvgIpc) is 2.86. The lowest BCUT2D eigenvalue weighted by molar-refractivity contribution is -0.157. The van der Waals surface area contributed by atoms with Gasteiger partial charge in [0.25, 0.3) is 0 Å². The van der Waals surface area contributed by atoms with Crippen LogP contribution in [-0.2, 0) is 9.53 Å². The fraction of sp³-hybridized carbons (Fsp3) is 0.759. The maximum atomic E-state index is 14.2. The number of alkyl halides is 1. The van der Waals surface area contributed by atoms with E-state index in [1.807, 2.05) is 0 Å². The van der Waals surface area contributed by atoms with Crippen LogP contribution in [0.25, 0.3) is 0 Å². The molecule has 0 aliphatic heterocycles. The van der Waals surface area contributed by atoms with Gasteiger partial charge < -0.3 is 9.47 Å². The molecule has 4 heteroatoms. The average molecular weight is 461 g/mol. The summed E-state index contributed by atoms with van der Waals surface area (Å²) >= 11 is 0. The van der Waals surface area contributed by atoms with Gasteiger partial charge in [-0.2, -0.15) is 0 Å². The summed E-state index contributed by atoms with van der Waals surface area (Å²) in [6.07, 6.45) is 15.5. The van der Waals surface area contributed by atoms with Gasteiger partial charge in [-0.05, 0) is 80.9 Å². The van der Waals surface area contributed by atoms with Crippen molar-refractivity contribution in [1.29, 1.82) is 0 Å². The first-order chi connectivity index (χ1) is 16.2. The van der Waals surface area contributed by atoms with Crippen LogP contribution in [0.4, 0.5) is 4.39 Å². The highest BCUT2D eigenvalue weighted by molar-refractivity contribution is 5.74. The smallest absolute Gasteiger partial charge is 0.340 e. The van der Waals surface area contributed by atoms with Gasteiger partial charge in [0.2, 0.25) is 0 Å². The SMILES string of the molecule is CCCCCCCC[C@H](F)C(=O)OC1CCC(COc2ccc(C3CCCCC3)cc2)CC1. The summed E-state index contributed by atoms with van der Waals surface area (Å²) in [7, 11) is 0. The Morgan fingerprint density at radius 1 is 0.909 bits per heavy atom. The van der Waals surface area contributed by atoms with Gasteiger partial charge in [0.1, 0.15) is 11.9 Å². The zero-order valence-electron chi connectivity index (χ0n) is 20.7. The molecule has 0 bridgehead atoms. The number of hydrogen-bond donors (Lipinski definition) is 0. The molecule has 2 saturated carbocycles. The van der Waals surface area contributed by atoms with Gasteiger partial charge in [0.15, 0.2) is 6.17 Å². The molecule has 2 fully saturated rings. The van der Waals surface area contributed by atoms with E-state index >= 15 is 0 Å². The first-order valence-corrected chi connectivity index (χ1v) is 13.7. The van der Waals surface area contributed by atoms with E-state index in [1.165, 1.54) is 56.9 Å². The Morgan fingerprint density at radius 2 is 1.58 bits per heavy atom. The summed E-state index contributed by atoms with van der Waals surface area (Å²) in [5, 5.41) is 0. The molecule has 0 N–H and O–H groups in total. The molecule has 0 heterocycles. The van der Waals surface area contributed by atoms with Gasteiger partial charge in [0.05, 0.1) is 6.61 Å². The molecule has 1 aromatic carbocycles. The first kappa shape index (κ1) is 26.0. The molecule has 33 heavy (non-hydrogen) atoms. The molecule has 2 aliphatic carbocycles. The molecule has 0 aromatic heterocycles. The summed E-state index contributed by atoms with van der Waals surface area (Å²) in [6, 6.07) is 8.70. The molecule has 3 nitrogen and oxygen atoms in total. The molecule has 2 aliphatic rings. The van der Waals surface area contributed by atoms with Gasteiger partial charge in [-0.1, -0.05) is 70.4 Å². The molecule has 0 unspecified atom stereocenters. The Kier molecular flexibility index (Phi) is 11.5. The fourth-order valence-electron chi connectivity index (χ4n) is 5.36. The maximum absolute atomic E-state index is 14.2. The number of halogens is 1. The number of carbonyl (C=O) groups is 1. The highest BCUT2D eigenvalue weighted by Crippen LogP contribution is 2.33. The summed E-state index contributed by atoms with van der Waals surface area (Å²) in [5.41, 5.74) is 1.45. The second-order valence-electron chi connectivity index (χ2n) is 10.3. The summed E-state index contributed by atoms with van der Waals surface area (Å²) in [4.78, 5) is 12.1. The number of rotatable bonds is 13. The van der Waals surface area contributed by atoms with Crippen molar-refractivity contribution in [2.75, 3.05) is 6.61 Å². The summed E-state index contributed by atoms with van der Waals surface area (Å²) in [6.45, 7) is 2.89. The third-order valence-corrected chi connectivity index (χ3v) is 7.59. The second-order valence-corrected chi connectivity index (χ2v) is 10.3. The lowest BCUT2D eigenvalue weighted by Crippen LogP contribution is -2.30. The highest BCUT2D eigenvalue weighted by atomic mass is 19.1. The number of ether oxygens (including phenoxy) is 2. The molecule has 0 radical (unpaired) electrons. The van der Waals surface area contributed by atoms with Gasteiger partial charge in [-0.15, -0.1) is 0 Å². The first-order valence-electron chi connectivity index (χ1n) is 13.7. The van der Waals surface area contributed by atoms with Crippen LogP contribution in [0.3, 0.4) is 0 Å². The van der Waals surface area contributed by atoms with Crippen LogP contribution < -0.4 is 4.74 Å². The van der Waals surface area contributed by atoms with Crippen molar-refractivity contribution < 1.29 is 18.7 Å². The topological polar surface area (TPSA) is 35.5 Å². The van der Waals surface area contributed by atoms with Crippen molar-refractivity contribution in [3.63, 3.8) is 0 Å². The highest BCUT2D eigenvalue weighted by Gasteiger charge is 2.27. The molecule has 186 valence electrons. The monoisotopic (exact) mass is 460 g/mol. The Balaban J connectivity index is 1.27. The van der Waals surface area contributed by atoms with E-state index in [4.69, 9.17) is 9.47 Å². The van der Waals surface area contributed by atoms with Crippen LogP contribution in [0, 0.1) is 5.92 Å².